The van der Waals surface area contributed by atoms with Crippen LogP contribution in [-0.4, -0.2) is 31.4 Å². The van der Waals surface area contributed by atoms with E-state index in [1.54, 1.807) is 0 Å². The highest BCUT2D eigenvalue weighted by Crippen LogP contribution is 2.27. The third-order valence-electron chi connectivity index (χ3n) is 5.29. The maximum Gasteiger partial charge on any atom is 0.236 e. The second kappa shape index (κ2) is 11.8. The van der Waals surface area contributed by atoms with Crippen LogP contribution in [0.25, 0.3) is 11.3 Å². The normalized spacial score (nSPS) is 11.9. The molecule has 0 radical (unpaired) electrons. The largest absolute Gasteiger partial charge is 0.483 e. The van der Waals surface area contributed by atoms with E-state index >= 15 is 0 Å². The number of hydrogen-bond acceptors (Lipinski definition) is 7. The van der Waals surface area contributed by atoms with Crippen LogP contribution in [0.2, 0.25) is 0 Å². The van der Waals surface area contributed by atoms with E-state index in [9.17, 15) is 4.79 Å². The van der Waals surface area contributed by atoms with Crippen LogP contribution < -0.4 is 10.1 Å². The first-order chi connectivity index (χ1) is 17.0. The molecule has 4 rings (SSSR count). The highest BCUT2D eigenvalue weighted by atomic mass is 79.9. The number of carbonyl (C=O) groups excluding carboxylic acids is 1. The van der Waals surface area contributed by atoms with Gasteiger partial charge in [-0.25, -0.2) is 4.98 Å². The van der Waals surface area contributed by atoms with Crippen molar-refractivity contribution in [1.82, 2.24) is 19.7 Å². The van der Waals surface area contributed by atoms with Gasteiger partial charge in [0.2, 0.25) is 5.91 Å². The first kappa shape index (κ1) is 25.4. The van der Waals surface area contributed by atoms with Crippen LogP contribution in [0, 0.1) is 0 Å². The van der Waals surface area contributed by atoms with Crippen LogP contribution in [0.1, 0.15) is 38.3 Å². The molecule has 0 aliphatic carbocycles. The number of thioether (sulfide) groups is 1. The molecule has 4 aromatic rings. The van der Waals surface area contributed by atoms with Crippen LogP contribution in [-0.2, 0) is 17.8 Å². The number of hydrogen-bond donors (Lipinski definition) is 1. The molecule has 0 spiro atoms. The van der Waals surface area contributed by atoms with Crippen molar-refractivity contribution in [3.05, 3.63) is 69.8 Å². The van der Waals surface area contributed by atoms with E-state index in [0.717, 1.165) is 33.7 Å². The second-order valence-electron chi connectivity index (χ2n) is 7.72. The molecule has 2 heterocycles. The fraction of sp³-hybridized carbons (Fsp3) is 0.280. The number of ether oxygens (including phenoxy) is 1. The average molecular weight is 573 g/mol. The van der Waals surface area contributed by atoms with Gasteiger partial charge < -0.3 is 14.6 Å². The number of nitrogens with zero attached hydrogens (tertiary/aromatic N) is 4. The van der Waals surface area contributed by atoms with Gasteiger partial charge in [0.15, 0.2) is 22.2 Å². The summed E-state index contributed by atoms with van der Waals surface area (Å²) in [7, 11) is 0. The van der Waals surface area contributed by atoms with Gasteiger partial charge in [-0.2, -0.15) is 0 Å². The van der Waals surface area contributed by atoms with Crippen molar-refractivity contribution in [2.75, 3.05) is 11.1 Å². The number of amides is 1. The number of aryl methyl sites for hydroxylation is 1. The molecule has 0 fully saturated rings. The molecule has 0 bridgehead atoms. The van der Waals surface area contributed by atoms with E-state index < -0.39 is 0 Å². The van der Waals surface area contributed by atoms with Gasteiger partial charge in [-0.3, -0.25) is 4.79 Å². The molecule has 2 aromatic heterocycles. The van der Waals surface area contributed by atoms with Crippen molar-refractivity contribution in [2.45, 2.75) is 45.0 Å². The lowest BCUT2D eigenvalue weighted by molar-refractivity contribution is -0.113. The summed E-state index contributed by atoms with van der Waals surface area (Å²) in [6.07, 6.45) is 0.716. The van der Waals surface area contributed by atoms with Crippen molar-refractivity contribution < 1.29 is 9.53 Å². The van der Waals surface area contributed by atoms with E-state index in [2.05, 4.69) is 55.5 Å². The number of anilines is 1. The summed E-state index contributed by atoms with van der Waals surface area (Å²) >= 11 is 6.19. The Morgan fingerprint density at radius 3 is 2.57 bits per heavy atom. The lowest BCUT2D eigenvalue weighted by Crippen LogP contribution is -2.15. The predicted octanol–water partition coefficient (Wildman–Crippen LogP) is 6.62. The molecule has 0 saturated heterocycles. The van der Waals surface area contributed by atoms with Gasteiger partial charge in [0.05, 0.1) is 11.4 Å². The number of thiazole rings is 1. The molecule has 1 unspecified atom stereocenters. The third kappa shape index (κ3) is 6.50. The number of nitrogens with one attached hydrogen (secondary N) is 1. The Kier molecular flexibility index (Phi) is 8.59. The predicted molar refractivity (Wildman–Crippen MR) is 145 cm³/mol. The third-order valence-corrected chi connectivity index (χ3v) is 7.55. The summed E-state index contributed by atoms with van der Waals surface area (Å²) in [6, 6.07) is 16.0. The van der Waals surface area contributed by atoms with Crippen molar-refractivity contribution >= 4 is 50.1 Å². The fourth-order valence-corrected chi connectivity index (χ4v) is 5.24. The molecule has 0 aliphatic heterocycles. The first-order valence-electron chi connectivity index (χ1n) is 11.3. The van der Waals surface area contributed by atoms with Crippen LogP contribution >= 0.6 is 39.0 Å². The van der Waals surface area contributed by atoms with E-state index in [4.69, 9.17) is 4.74 Å². The van der Waals surface area contributed by atoms with Crippen molar-refractivity contribution in [2.24, 2.45) is 0 Å². The maximum absolute atomic E-state index is 12.6. The number of rotatable bonds is 10. The Bertz CT molecular complexity index is 1270. The summed E-state index contributed by atoms with van der Waals surface area (Å²) < 4.78 is 9.08. The Hall–Kier alpha value is -2.69. The summed E-state index contributed by atoms with van der Waals surface area (Å²) in [4.78, 5) is 17.1. The Balaban J connectivity index is 1.34. The van der Waals surface area contributed by atoms with Gasteiger partial charge in [0.25, 0.3) is 0 Å². The summed E-state index contributed by atoms with van der Waals surface area (Å²) in [6.45, 7) is 6.78. The zero-order valence-electron chi connectivity index (χ0n) is 19.7. The summed E-state index contributed by atoms with van der Waals surface area (Å²) in [5, 5.41) is 14.7. The molecular formula is C25H26BrN5O2S2. The monoisotopic (exact) mass is 571 g/mol. The number of aromatic nitrogens is 4. The van der Waals surface area contributed by atoms with Gasteiger partial charge in [0, 0.05) is 22.0 Å². The quantitative estimate of drug-likeness (QED) is 0.215. The summed E-state index contributed by atoms with van der Waals surface area (Å²) in [5.41, 5.74) is 3.10. The standard InChI is InChI=1S/C25H26BrN5O2S2/c1-4-17-6-12-20(13-7-17)33-16(3)23-29-30-25(31(23)5-2)35-15-22(32)28-24-27-21(14-34-24)18-8-10-19(26)11-9-18/h6-14,16H,4-5,15H2,1-3H3,(H,27,28,32). The van der Waals surface area contributed by atoms with E-state index in [1.165, 1.54) is 28.7 Å². The smallest absolute Gasteiger partial charge is 0.236 e. The zero-order chi connectivity index (χ0) is 24.8. The number of halogens is 1. The minimum Gasteiger partial charge on any atom is -0.483 e. The Morgan fingerprint density at radius 2 is 1.89 bits per heavy atom. The molecule has 1 amide bonds. The lowest BCUT2D eigenvalue weighted by atomic mass is 10.2. The number of benzene rings is 2. The van der Waals surface area contributed by atoms with Crippen molar-refractivity contribution in [3.8, 4) is 17.0 Å². The van der Waals surface area contributed by atoms with Gasteiger partial charge in [-0.15, -0.1) is 21.5 Å². The molecule has 35 heavy (non-hydrogen) atoms. The zero-order valence-corrected chi connectivity index (χ0v) is 22.9. The van der Waals surface area contributed by atoms with Gasteiger partial charge in [-0.05, 0) is 50.1 Å². The minimum absolute atomic E-state index is 0.140. The van der Waals surface area contributed by atoms with Crippen LogP contribution in [0.5, 0.6) is 5.75 Å². The minimum atomic E-state index is -0.273. The Labute approximate surface area is 221 Å². The molecular weight excluding hydrogens is 546 g/mol. The number of carbonyl (C=O) groups is 1. The van der Waals surface area contributed by atoms with Crippen LogP contribution in [0.4, 0.5) is 5.13 Å². The summed E-state index contributed by atoms with van der Waals surface area (Å²) in [5.74, 6) is 1.59. The SMILES string of the molecule is CCc1ccc(OC(C)c2nnc(SCC(=O)Nc3nc(-c4ccc(Br)cc4)cs3)n2CC)cc1. The second-order valence-corrected chi connectivity index (χ2v) is 10.4. The first-order valence-corrected chi connectivity index (χ1v) is 14.0. The fourth-order valence-electron chi connectivity index (χ4n) is 3.44. The molecule has 1 atom stereocenters. The van der Waals surface area contributed by atoms with Gasteiger partial charge in [-0.1, -0.05) is 58.9 Å². The molecule has 0 aliphatic rings. The highest BCUT2D eigenvalue weighted by Gasteiger charge is 2.20. The molecule has 10 heteroatoms. The average Bonchev–Trinajstić information content (AvgIpc) is 3.50. The molecule has 182 valence electrons. The van der Waals surface area contributed by atoms with Gasteiger partial charge in [0.1, 0.15) is 5.75 Å². The molecule has 2 aromatic carbocycles. The Morgan fingerprint density at radius 1 is 1.14 bits per heavy atom. The van der Waals surface area contributed by atoms with E-state index in [0.29, 0.717) is 16.8 Å². The highest BCUT2D eigenvalue weighted by molar-refractivity contribution is 9.10. The maximum atomic E-state index is 12.6. The van der Waals surface area contributed by atoms with Crippen molar-refractivity contribution in [3.63, 3.8) is 0 Å². The van der Waals surface area contributed by atoms with Crippen LogP contribution in [0.15, 0.2) is 63.5 Å². The molecule has 7 nitrogen and oxygen atoms in total. The van der Waals surface area contributed by atoms with E-state index in [1.807, 2.05) is 60.2 Å². The van der Waals surface area contributed by atoms with E-state index in [-0.39, 0.29) is 17.8 Å². The molecule has 1 N–H and O–H groups in total. The molecule has 0 saturated carbocycles. The van der Waals surface area contributed by atoms with Gasteiger partial charge >= 0.3 is 0 Å². The topological polar surface area (TPSA) is 81.9 Å². The van der Waals surface area contributed by atoms with Crippen LogP contribution in [0.3, 0.4) is 0 Å². The van der Waals surface area contributed by atoms with Crippen molar-refractivity contribution in [1.29, 1.82) is 0 Å². The lowest BCUT2D eigenvalue weighted by Gasteiger charge is -2.15.